The monoisotopic (exact) mass is 493 g/mol. The average Bonchev–Trinajstić information content (AvgIpc) is 3.47. The van der Waals surface area contributed by atoms with E-state index in [9.17, 15) is 4.79 Å². The van der Waals surface area contributed by atoms with E-state index < -0.39 is 5.60 Å². The Morgan fingerprint density at radius 3 is 2.86 bits per heavy atom. The number of fused-ring (bicyclic) bond motifs is 1. The van der Waals surface area contributed by atoms with Crippen molar-refractivity contribution in [2.24, 2.45) is 0 Å². The Labute approximate surface area is 209 Å². The molecular weight excluding hydrogens is 462 g/mol. The number of amides is 1. The van der Waals surface area contributed by atoms with Gasteiger partial charge in [0.2, 0.25) is 0 Å². The van der Waals surface area contributed by atoms with Gasteiger partial charge >= 0.3 is 0 Å². The predicted molar refractivity (Wildman–Crippen MR) is 139 cm³/mol. The fourth-order valence-electron chi connectivity index (χ4n) is 4.55. The molecule has 1 aromatic carbocycles. The van der Waals surface area contributed by atoms with Gasteiger partial charge in [0, 0.05) is 75.4 Å². The third kappa shape index (κ3) is 4.82. The van der Waals surface area contributed by atoms with Gasteiger partial charge < -0.3 is 20.1 Å². The van der Waals surface area contributed by atoms with Gasteiger partial charge in [0.1, 0.15) is 11.7 Å². The van der Waals surface area contributed by atoms with Crippen LogP contribution in [0.5, 0.6) is 0 Å². The number of hydrogen-bond acceptors (Lipinski definition) is 7. The number of nitrogens with zero attached hydrogens (tertiary/aromatic N) is 3. The molecule has 2 unspecified atom stereocenters. The zero-order valence-electron chi connectivity index (χ0n) is 20.3. The van der Waals surface area contributed by atoms with Crippen LogP contribution in [-0.4, -0.2) is 72.3 Å². The van der Waals surface area contributed by atoms with E-state index in [4.69, 9.17) is 14.5 Å². The Bertz CT molecular complexity index is 1270. The van der Waals surface area contributed by atoms with Crippen LogP contribution in [0.25, 0.3) is 16.2 Å². The topological polar surface area (TPSA) is 80.1 Å². The van der Waals surface area contributed by atoms with E-state index in [0.717, 1.165) is 54.6 Å². The second-order valence-electron chi connectivity index (χ2n) is 9.03. The highest BCUT2D eigenvalue weighted by molar-refractivity contribution is 7.15. The SMILES string of the molecule is COC1C=C(C(=O)Nc2ccccc2-c2cn3c(CN4CCNCC4)csc3n2)C=CC1(C)OC. The lowest BCUT2D eigenvalue weighted by Gasteiger charge is -2.33. The minimum atomic E-state index is -0.610. The first kappa shape index (κ1) is 23.9. The minimum Gasteiger partial charge on any atom is -0.374 e. The first-order valence-corrected chi connectivity index (χ1v) is 12.7. The average molecular weight is 494 g/mol. The van der Waals surface area contributed by atoms with E-state index in [-0.39, 0.29) is 12.0 Å². The smallest absolute Gasteiger partial charge is 0.255 e. The molecule has 1 aliphatic heterocycles. The summed E-state index contributed by atoms with van der Waals surface area (Å²) in [5, 5.41) is 8.66. The summed E-state index contributed by atoms with van der Waals surface area (Å²) < 4.78 is 13.3. The summed E-state index contributed by atoms with van der Waals surface area (Å²) in [4.78, 5) is 21.4. The van der Waals surface area contributed by atoms with E-state index in [1.54, 1.807) is 37.7 Å². The van der Waals surface area contributed by atoms with Crippen molar-refractivity contribution in [2.75, 3.05) is 45.7 Å². The molecule has 184 valence electrons. The molecule has 2 atom stereocenters. The number of imidazole rings is 1. The Morgan fingerprint density at radius 1 is 1.29 bits per heavy atom. The van der Waals surface area contributed by atoms with Crippen LogP contribution >= 0.6 is 11.3 Å². The highest BCUT2D eigenvalue weighted by atomic mass is 32.1. The maximum absolute atomic E-state index is 13.1. The second kappa shape index (κ2) is 10.0. The number of nitrogens with one attached hydrogen (secondary N) is 2. The summed E-state index contributed by atoms with van der Waals surface area (Å²) in [5.41, 5.74) is 3.60. The number of hydrogen-bond donors (Lipinski definition) is 2. The molecular formula is C26H31N5O3S. The van der Waals surface area contributed by atoms with Crippen molar-refractivity contribution in [3.63, 3.8) is 0 Å². The Balaban J connectivity index is 1.38. The molecule has 0 radical (unpaired) electrons. The molecule has 0 bridgehead atoms. The quantitative estimate of drug-likeness (QED) is 0.526. The maximum Gasteiger partial charge on any atom is 0.255 e. The Morgan fingerprint density at radius 2 is 2.09 bits per heavy atom. The van der Waals surface area contributed by atoms with Gasteiger partial charge in [-0.15, -0.1) is 11.3 Å². The summed E-state index contributed by atoms with van der Waals surface area (Å²) in [5.74, 6) is -0.200. The summed E-state index contributed by atoms with van der Waals surface area (Å²) in [6, 6.07) is 7.77. The molecule has 2 N–H and O–H groups in total. The van der Waals surface area contributed by atoms with E-state index >= 15 is 0 Å². The van der Waals surface area contributed by atoms with Gasteiger partial charge in [0.25, 0.3) is 5.91 Å². The highest BCUT2D eigenvalue weighted by Gasteiger charge is 2.34. The zero-order valence-corrected chi connectivity index (χ0v) is 21.1. The molecule has 3 heterocycles. The molecule has 3 aromatic rings. The van der Waals surface area contributed by atoms with Crippen molar-refractivity contribution in [2.45, 2.75) is 25.2 Å². The molecule has 0 spiro atoms. The van der Waals surface area contributed by atoms with Gasteiger partial charge in [-0.25, -0.2) is 4.98 Å². The summed E-state index contributed by atoms with van der Waals surface area (Å²) in [7, 11) is 3.25. The predicted octanol–water partition coefficient (Wildman–Crippen LogP) is 3.32. The van der Waals surface area contributed by atoms with Crippen LogP contribution in [0.3, 0.4) is 0 Å². The Hall–Kier alpha value is -2.82. The molecule has 1 amide bonds. The molecule has 8 nitrogen and oxygen atoms in total. The number of piperazine rings is 1. The standard InChI is InChI=1S/C26H31N5O3S/c1-26(34-3)9-8-18(14-23(26)33-2)24(32)28-21-7-5-4-6-20(21)22-16-31-19(17-35-25(31)29-22)15-30-12-10-27-11-13-30/h4-9,14,16-17,23,27H,10-13,15H2,1-3H3,(H,28,32). The van der Waals surface area contributed by atoms with Gasteiger partial charge in [-0.2, -0.15) is 0 Å². The lowest BCUT2D eigenvalue weighted by atomic mass is 9.90. The molecule has 2 aromatic heterocycles. The van der Waals surface area contributed by atoms with Crippen molar-refractivity contribution in [1.82, 2.24) is 19.6 Å². The van der Waals surface area contributed by atoms with E-state index in [2.05, 4.69) is 31.5 Å². The highest BCUT2D eigenvalue weighted by Crippen LogP contribution is 2.31. The number of ether oxygens (including phenoxy) is 2. The molecule has 1 saturated heterocycles. The largest absolute Gasteiger partial charge is 0.374 e. The van der Waals surface area contributed by atoms with Crippen molar-refractivity contribution < 1.29 is 14.3 Å². The van der Waals surface area contributed by atoms with Crippen molar-refractivity contribution >= 4 is 27.9 Å². The summed E-state index contributed by atoms with van der Waals surface area (Å²) >= 11 is 1.64. The number of carbonyl (C=O) groups excluding carboxylic acids is 1. The van der Waals surface area contributed by atoms with Crippen molar-refractivity contribution in [3.05, 3.63) is 65.3 Å². The fraction of sp³-hybridized carbons (Fsp3) is 0.385. The lowest BCUT2D eigenvalue weighted by Crippen LogP contribution is -2.43. The first-order valence-electron chi connectivity index (χ1n) is 11.8. The number of thiazole rings is 1. The molecule has 0 saturated carbocycles. The number of aromatic nitrogens is 2. The number of rotatable bonds is 7. The van der Waals surface area contributed by atoms with Gasteiger partial charge in [-0.3, -0.25) is 14.1 Å². The summed E-state index contributed by atoms with van der Waals surface area (Å²) in [6.45, 7) is 6.97. The van der Waals surface area contributed by atoms with Gasteiger partial charge in [-0.05, 0) is 25.1 Å². The normalized spacial score (nSPS) is 22.9. The molecule has 5 rings (SSSR count). The fourth-order valence-corrected chi connectivity index (χ4v) is 5.42. The van der Waals surface area contributed by atoms with Crippen molar-refractivity contribution in [1.29, 1.82) is 0 Å². The van der Waals surface area contributed by atoms with E-state index in [1.807, 2.05) is 37.3 Å². The van der Waals surface area contributed by atoms with Gasteiger partial charge in [0.15, 0.2) is 4.96 Å². The number of methoxy groups -OCH3 is 2. The minimum absolute atomic E-state index is 0.200. The van der Waals surface area contributed by atoms with Crippen LogP contribution in [0.2, 0.25) is 0 Å². The molecule has 1 aliphatic carbocycles. The van der Waals surface area contributed by atoms with Crippen LogP contribution in [0.1, 0.15) is 12.6 Å². The molecule has 2 aliphatic rings. The summed E-state index contributed by atoms with van der Waals surface area (Å²) in [6.07, 6.45) is 7.16. The molecule has 1 fully saturated rings. The second-order valence-corrected chi connectivity index (χ2v) is 9.87. The first-order chi connectivity index (χ1) is 17.0. The zero-order chi connectivity index (χ0) is 24.4. The maximum atomic E-state index is 13.1. The number of para-hydroxylation sites is 1. The van der Waals surface area contributed by atoms with Gasteiger partial charge in [-0.1, -0.05) is 24.3 Å². The van der Waals surface area contributed by atoms with Crippen LogP contribution < -0.4 is 10.6 Å². The van der Waals surface area contributed by atoms with Crippen molar-refractivity contribution in [3.8, 4) is 11.3 Å². The lowest BCUT2D eigenvalue weighted by molar-refractivity contribution is -0.112. The molecule has 35 heavy (non-hydrogen) atoms. The third-order valence-corrected chi connectivity index (χ3v) is 7.66. The number of anilines is 1. The number of benzene rings is 1. The van der Waals surface area contributed by atoms with Crippen LogP contribution in [0.15, 0.2) is 59.6 Å². The molecule has 9 heteroatoms. The third-order valence-electron chi connectivity index (χ3n) is 6.78. The van der Waals surface area contributed by atoms with Crippen LogP contribution in [-0.2, 0) is 20.8 Å². The van der Waals surface area contributed by atoms with E-state index in [0.29, 0.717) is 5.57 Å². The number of carbonyl (C=O) groups is 1. The van der Waals surface area contributed by atoms with E-state index in [1.165, 1.54) is 5.69 Å². The van der Waals surface area contributed by atoms with Crippen LogP contribution in [0.4, 0.5) is 5.69 Å². The van der Waals surface area contributed by atoms with Gasteiger partial charge in [0.05, 0.1) is 11.4 Å². The van der Waals surface area contributed by atoms with Crippen LogP contribution in [0, 0.1) is 0 Å². The Kier molecular flexibility index (Phi) is 6.86.